The third-order valence-corrected chi connectivity index (χ3v) is 10.2. The Morgan fingerprint density at radius 1 is 0.652 bits per heavy atom. The number of aromatic nitrogens is 1. The molecule has 7 rings (SSSR count). The molecule has 2 atom stereocenters. The predicted molar refractivity (Wildman–Crippen MR) is 253 cm³/mol. The van der Waals surface area contributed by atoms with Crippen LogP contribution in [0.3, 0.4) is 0 Å². The predicted octanol–water partition coefficient (Wildman–Crippen LogP) is 5.69. The molecule has 0 aliphatic heterocycles. The van der Waals surface area contributed by atoms with E-state index in [9.17, 15) is 14.7 Å². The van der Waals surface area contributed by atoms with Crippen LogP contribution in [0.15, 0.2) is 169 Å². The Hall–Kier alpha value is -7.54. The molecular weight excluding hydrogens is 888 g/mol. The van der Waals surface area contributed by atoms with E-state index in [2.05, 4.69) is 5.16 Å². The number of carbonyl (C=O) groups excluding carboxylic acids is 1. The quantitative estimate of drug-likeness (QED) is 0.0503. The second-order valence-electron chi connectivity index (χ2n) is 15.1. The molecule has 14 nitrogen and oxygen atoms in total. The number of carbonyl (C=O) groups is 2. The summed E-state index contributed by atoms with van der Waals surface area (Å²) in [6.07, 6.45) is 1.00. The van der Waals surface area contributed by atoms with E-state index in [1.807, 2.05) is 128 Å². The maximum Gasteiger partial charge on any atom is 1.00 e. The second-order valence-corrected chi connectivity index (χ2v) is 15.1. The van der Waals surface area contributed by atoms with Crippen LogP contribution >= 0.6 is 0 Å². The average Bonchev–Trinajstić information content (AvgIpc) is 3.92. The Bertz CT molecular complexity index is 2710. The van der Waals surface area contributed by atoms with Gasteiger partial charge in [-0.15, -0.1) is 0 Å². The fourth-order valence-corrected chi connectivity index (χ4v) is 6.61. The van der Waals surface area contributed by atoms with Gasteiger partial charge in [0.25, 0.3) is 0 Å². The molecule has 1 aromatic heterocycles. The van der Waals surface area contributed by atoms with E-state index in [0.29, 0.717) is 58.9 Å². The summed E-state index contributed by atoms with van der Waals surface area (Å²) in [6.45, 7) is 3.10. The summed E-state index contributed by atoms with van der Waals surface area (Å²) in [5.41, 5.74) is 7.54. The fourth-order valence-electron chi connectivity index (χ4n) is 6.61. The van der Waals surface area contributed by atoms with Crippen molar-refractivity contribution in [3.05, 3.63) is 209 Å². The molecule has 15 heteroatoms. The zero-order chi connectivity index (χ0) is 48.7. The first-order valence-corrected chi connectivity index (χ1v) is 21.4. The van der Waals surface area contributed by atoms with Gasteiger partial charge in [0.05, 0.1) is 35.5 Å². The van der Waals surface area contributed by atoms with E-state index in [0.717, 1.165) is 40.5 Å². The van der Waals surface area contributed by atoms with Crippen molar-refractivity contribution in [1.29, 1.82) is 16.1 Å². The van der Waals surface area contributed by atoms with Crippen molar-refractivity contribution in [2.75, 3.05) is 20.3 Å². The first kappa shape index (κ1) is 54.1. The molecule has 0 aliphatic carbocycles. The molecule has 348 valence electrons. The molecule has 0 aliphatic rings. The van der Waals surface area contributed by atoms with E-state index in [-0.39, 0.29) is 55.6 Å². The number of rotatable bonds is 21. The number of aryl methyl sites for hydroxylation is 1. The summed E-state index contributed by atoms with van der Waals surface area (Å²) in [7, 11) is 1.00. The first-order chi connectivity index (χ1) is 33.0. The van der Waals surface area contributed by atoms with Gasteiger partial charge < -0.3 is 54.4 Å². The number of aliphatic hydroxyl groups excluding tert-OH is 1. The fraction of sp³-hybridized carbons (Fsp3) is 0.185. The molecule has 0 radical (unpaired) electrons. The average molecular weight is 939 g/mol. The van der Waals surface area contributed by atoms with Crippen molar-refractivity contribution < 1.29 is 77.9 Å². The zero-order valence-electron chi connectivity index (χ0n) is 38.5. The number of hydrogen-bond donors (Lipinski definition) is 4. The van der Waals surface area contributed by atoms with Gasteiger partial charge in [0.2, 0.25) is 0 Å². The summed E-state index contributed by atoms with van der Waals surface area (Å²) in [4.78, 5) is 22.0. The van der Waals surface area contributed by atoms with Crippen LogP contribution in [0.1, 0.15) is 69.3 Å². The van der Waals surface area contributed by atoms with Crippen molar-refractivity contribution >= 4 is 23.4 Å². The van der Waals surface area contributed by atoms with E-state index >= 15 is 0 Å². The summed E-state index contributed by atoms with van der Waals surface area (Å²) in [5, 5.41) is 56.3. The van der Waals surface area contributed by atoms with Gasteiger partial charge >= 0.3 is 35.5 Å². The second kappa shape index (κ2) is 28.6. The van der Waals surface area contributed by atoms with Crippen LogP contribution in [-0.2, 0) is 22.8 Å². The van der Waals surface area contributed by atoms with Crippen molar-refractivity contribution in [3.8, 4) is 29.1 Å². The number of aliphatic carboxylic acids is 2. The van der Waals surface area contributed by atoms with E-state index < -0.39 is 23.8 Å². The summed E-state index contributed by atoms with van der Waals surface area (Å²) >= 11 is 0. The maximum absolute atomic E-state index is 11.2. The van der Waals surface area contributed by atoms with Crippen LogP contribution in [0, 0.1) is 29.1 Å². The Morgan fingerprint density at radius 3 is 1.59 bits per heavy atom. The zero-order valence-corrected chi connectivity index (χ0v) is 40.5. The first-order valence-electron chi connectivity index (χ1n) is 21.4. The number of carboxylic acids is 2. The van der Waals surface area contributed by atoms with E-state index in [1.54, 1.807) is 42.5 Å². The number of hydrogen-bond acceptors (Lipinski definition) is 13. The molecule has 0 amide bonds. The number of nitriles is 1. The third-order valence-electron chi connectivity index (χ3n) is 10.2. The molecule has 4 N–H and O–H groups in total. The molecule has 2 unspecified atom stereocenters. The van der Waals surface area contributed by atoms with Crippen LogP contribution in [0.4, 0.5) is 0 Å². The van der Waals surface area contributed by atoms with E-state index in [1.165, 1.54) is 6.26 Å². The van der Waals surface area contributed by atoms with Crippen LogP contribution in [0.25, 0.3) is 0 Å². The smallest absolute Gasteiger partial charge is 0.550 e. The van der Waals surface area contributed by atoms with Crippen LogP contribution in [0.5, 0.6) is 23.0 Å². The molecule has 6 aromatic carbocycles. The minimum atomic E-state index is -1.15. The number of ether oxygens (including phenoxy) is 4. The maximum atomic E-state index is 11.2. The molecule has 0 saturated carbocycles. The monoisotopic (exact) mass is 938 g/mol. The van der Waals surface area contributed by atoms with Crippen LogP contribution < -0.4 is 53.6 Å². The molecule has 0 bridgehead atoms. The summed E-state index contributed by atoms with van der Waals surface area (Å²) < 4.78 is 27.9. The molecular formula is C54H51N4NaO10. The third kappa shape index (κ3) is 17.9. The SMILES string of the molecule is CO.Cc1cccc(C(=N)COc2ccc(COc3ccc(C(C#N)CC(=O)O)cc3)cc2)c1.N=C(COc1ccc(COc2ccc(C(CC(=O)[O-])c3ccon3)cc2)cc1)c1ccccc1.[Na+]. The normalized spacial score (nSPS) is 11.0. The van der Waals surface area contributed by atoms with Gasteiger partial charge in [-0.05, 0) is 95.3 Å². The number of aliphatic hydroxyl groups is 1. The topological polar surface area (TPSA) is 232 Å². The van der Waals surface area contributed by atoms with Gasteiger partial charge in [0.15, 0.2) is 0 Å². The summed E-state index contributed by atoms with van der Waals surface area (Å²) in [5.74, 6) is -0.637. The number of benzene rings is 6. The van der Waals surface area contributed by atoms with Gasteiger partial charge in [0, 0.05) is 25.1 Å². The standard InChI is InChI=1S/C27H24N2O5.C26H24N2O4.CH4O.Na/c28-25(21-4-2-1-3-5-21)18-33-22-10-6-19(7-11-22)17-32-23-12-8-20(9-13-23)24(16-27(30)31)26-14-15-34-29-26;1-18-3-2-4-21(13-18)25(28)17-32-23-9-5-19(6-10-23)16-31-24-11-7-20(8-12-24)22(15-27)14-26(29)30;1-2;/h1-15,24,28H,16-18H2,(H,30,31);2-13,22,28H,14,16-17H2,1H3,(H,29,30);2H,1H3;/q;;;+1/p-1. The Balaban J connectivity index is 0.000000287. The Morgan fingerprint density at radius 2 is 1.13 bits per heavy atom. The number of carboxylic acid groups (broad SMARTS) is 2. The van der Waals surface area contributed by atoms with E-state index in [4.69, 9.17) is 49.8 Å². The van der Waals surface area contributed by atoms with Gasteiger partial charge in [-0.25, -0.2) is 0 Å². The van der Waals surface area contributed by atoms with Gasteiger partial charge in [-0.1, -0.05) is 114 Å². The Kier molecular flexibility index (Phi) is 22.4. The van der Waals surface area contributed by atoms with Crippen molar-refractivity contribution in [3.63, 3.8) is 0 Å². The molecule has 1 heterocycles. The number of nitrogens with zero attached hydrogens (tertiary/aromatic N) is 2. The number of nitrogens with one attached hydrogen (secondary N) is 2. The summed E-state index contributed by atoms with van der Waals surface area (Å²) in [6, 6.07) is 50.1. The van der Waals surface area contributed by atoms with Crippen LogP contribution in [-0.4, -0.2) is 59.1 Å². The minimum Gasteiger partial charge on any atom is -0.550 e. The Labute approximate surface area is 423 Å². The molecule has 0 saturated heterocycles. The molecule has 0 fully saturated rings. The van der Waals surface area contributed by atoms with Crippen molar-refractivity contribution in [2.45, 2.75) is 44.8 Å². The minimum absolute atomic E-state index is 0. The van der Waals surface area contributed by atoms with Crippen LogP contribution in [0.2, 0.25) is 0 Å². The van der Waals surface area contributed by atoms with Crippen molar-refractivity contribution in [2.24, 2.45) is 0 Å². The molecule has 0 spiro atoms. The largest absolute Gasteiger partial charge is 1.00 e. The van der Waals surface area contributed by atoms with Crippen molar-refractivity contribution in [1.82, 2.24) is 5.16 Å². The van der Waals surface area contributed by atoms with Gasteiger partial charge in [0.1, 0.15) is 55.7 Å². The van der Waals surface area contributed by atoms with Gasteiger partial charge in [-0.3, -0.25) is 4.79 Å². The molecule has 7 aromatic rings. The van der Waals surface area contributed by atoms with Gasteiger partial charge in [-0.2, -0.15) is 5.26 Å². The molecule has 69 heavy (non-hydrogen) atoms.